The number of aliphatic hydroxyl groups excluding tert-OH is 1. The van der Waals surface area contributed by atoms with Crippen molar-refractivity contribution in [1.29, 1.82) is 0 Å². The standard InChI is InChI=1S/C11H12F4O/c1-7-2-3-8(6-9(7)12)10(16)4-5-11(13,14)15/h2-3,6,10,16H,4-5H2,1H3. The van der Waals surface area contributed by atoms with Crippen molar-refractivity contribution in [3.05, 3.63) is 35.1 Å². The van der Waals surface area contributed by atoms with Crippen LogP contribution in [0.3, 0.4) is 0 Å². The molecular weight excluding hydrogens is 224 g/mol. The van der Waals surface area contributed by atoms with E-state index in [2.05, 4.69) is 0 Å². The van der Waals surface area contributed by atoms with Crippen LogP contribution in [0.25, 0.3) is 0 Å². The molecule has 0 bridgehead atoms. The van der Waals surface area contributed by atoms with Crippen LogP contribution in [0.15, 0.2) is 18.2 Å². The second-order valence-electron chi connectivity index (χ2n) is 3.68. The van der Waals surface area contributed by atoms with Gasteiger partial charge in [-0.15, -0.1) is 0 Å². The molecule has 1 rings (SSSR count). The number of hydrogen-bond acceptors (Lipinski definition) is 1. The second-order valence-corrected chi connectivity index (χ2v) is 3.68. The molecule has 0 heterocycles. The maximum Gasteiger partial charge on any atom is 0.389 e. The fourth-order valence-electron chi connectivity index (χ4n) is 1.28. The Balaban J connectivity index is 2.66. The van der Waals surface area contributed by atoms with Gasteiger partial charge in [-0.05, 0) is 30.5 Å². The number of alkyl halides is 3. The first kappa shape index (κ1) is 13.0. The van der Waals surface area contributed by atoms with Gasteiger partial charge in [-0.3, -0.25) is 0 Å². The normalized spacial score (nSPS) is 13.9. The monoisotopic (exact) mass is 236 g/mol. The molecule has 1 nitrogen and oxygen atoms in total. The molecule has 1 aromatic carbocycles. The Bertz CT molecular complexity index is 359. The van der Waals surface area contributed by atoms with Gasteiger partial charge < -0.3 is 5.11 Å². The Hall–Kier alpha value is -1.10. The molecule has 0 radical (unpaired) electrons. The van der Waals surface area contributed by atoms with E-state index in [1.165, 1.54) is 12.1 Å². The van der Waals surface area contributed by atoms with Crippen molar-refractivity contribution in [2.24, 2.45) is 0 Å². The topological polar surface area (TPSA) is 20.2 Å². The minimum Gasteiger partial charge on any atom is -0.388 e. The number of benzene rings is 1. The average Bonchev–Trinajstić information content (AvgIpc) is 2.17. The summed E-state index contributed by atoms with van der Waals surface area (Å²) < 4.78 is 48.8. The van der Waals surface area contributed by atoms with Crippen molar-refractivity contribution >= 4 is 0 Å². The van der Waals surface area contributed by atoms with Crippen LogP contribution in [0.4, 0.5) is 17.6 Å². The molecule has 5 heteroatoms. The van der Waals surface area contributed by atoms with E-state index in [-0.39, 0.29) is 5.56 Å². The lowest BCUT2D eigenvalue weighted by atomic mass is 10.0. The number of halogens is 4. The van der Waals surface area contributed by atoms with Gasteiger partial charge in [0.05, 0.1) is 6.10 Å². The first-order chi connectivity index (χ1) is 7.29. The molecule has 0 aliphatic rings. The summed E-state index contributed by atoms with van der Waals surface area (Å²) in [5.74, 6) is -0.524. The summed E-state index contributed by atoms with van der Waals surface area (Å²) in [7, 11) is 0. The molecular formula is C11H12F4O. The van der Waals surface area contributed by atoms with E-state index < -0.39 is 30.9 Å². The molecule has 0 saturated carbocycles. The van der Waals surface area contributed by atoms with E-state index in [1.807, 2.05) is 0 Å². The van der Waals surface area contributed by atoms with E-state index in [9.17, 15) is 22.7 Å². The zero-order valence-corrected chi connectivity index (χ0v) is 8.68. The highest BCUT2D eigenvalue weighted by Crippen LogP contribution is 2.27. The van der Waals surface area contributed by atoms with Crippen molar-refractivity contribution in [3.8, 4) is 0 Å². The number of aryl methyl sites for hydroxylation is 1. The lowest BCUT2D eigenvalue weighted by molar-refractivity contribution is -0.140. The predicted molar refractivity (Wildman–Crippen MR) is 51.4 cm³/mol. The zero-order valence-electron chi connectivity index (χ0n) is 8.68. The molecule has 0 amide bonds. The van der Waals surface area contributed by atoms with E-state index in [0.29, 0.717) is 5.56 Å². The van der Waals surface area contributed by atoms with Gasteiger partial charge in [0, 0.05) is 6.42 Å². The summed E-state index contributed by atoms with van der Waals surface area (Å²) in [6, 6.07) is 3.93. The van der Waals surface area contributed by atoms with Crippen LogP contribution in [-0.2, 0) is 0 Å². The third-order valence-corrected chi connectivity index (χ3v) is 2.28. The summed E-state index contributed by atoms with van der Waals surface area (Å²) in [6.07, 6.45) is -7.11. The Morgan fingerprint density at radius 3 is 2.44 bits per heavy atom. The van der Waals surface area contributed by atoms with Crippen LogP contribution in [0.2, 0.25) is 0 Å². The second kappa shape index (κ2) is 4.82. The molecule has 0 spiro atoms. The number of aliphatic hydroxyl groups is 1. The van der Waals surface area contributed by atoms with E-state index in [4.69, 9.17) is 0 Å². The molecule has 1 unspecified atom stereocenters. The van der Waals surface area contributed by atoms with Crippen molar-refractivity contribution in [2.75, 3.05) is 0 Å². The Labute approximate surface area is 90.7 Å². The molecule has 0 saturated heterocycles. The van der Waals surface area contributed by atoms with E-state index in [1.54, 1.807) is 6.92 Å². The Morgan fingerprint density at radius 2 is 1.94 bits per heavy atom. The zero-order chi connectivity index (χ0) is 12.3. The van der Waals surface area contributed by atoms with E-state index >= 15 is 0 Å². The van der Waals surface area contributed by atoms with Gasteiger partial charge in [-0.1, -0.05) is 12.1 Å². The molecule has 1 N–H and O–H groups in total. The molecule has 1 aromatic rings. The summed E-state index contributed by atoms with van der Waals surface area (Å²) >= 11 is 0. The maximum absolute atomic E-state index is 13.1. The van der Waals surface area contributed by atoms with E-state index in [0.717, 1.165) is 6.07 Å². The molecule has 0 fully saturated rings. The minimum absolute atomic E-state index is 0.173. The van der Waals surface area contributed by atoms with Gasteiger partial charge >= 0.3 is 6.18 Å². The average molecular weight is 236 g/mol. The largest absolute Gasteiger partial charge is 0.389 e. The van der Waals surface area contributed by atoms with Crippen molar-refractivity contribution < 1.29 is 22.7 Å². The Morgan fingerprint density at radius 1 is 1.31 bits per heavy atom. The highest BCUT2D eigenvalue weighted by Gasteiger charge is 2.28. The fraction of sp³-hybridized carbons (Fsp3) is 0.455. The van der Waals surface area contributed by atoms with Gasteiger partial charge in [0.2, 0.25) is 0 Å². The summed E-state index contributed by atoms with van der Waals surface area (Å²) in [5.41, 5.74) is 0.569. The van der Waals surface area contributed by atoms with Crippen LogP contribution in [0, 0.1) is 12.7 Å². The van der Waals surface area contributed by atoms with Crippen LogP contribution in [-0.4, -0.2) is 11.3 Å². The van der Waals surface area contributed by atoms with Crippen LogP contribution < -0.4 is 0 Å². The molecule has 90 valence electrons. The van der Waals surface area contributed by atoms with Gasteiger partial charge in [0.1, 0.15) is 5.82 Å². The van der Waals surface area contributed by atoms with Gasteiger partial charge in [0.25, 0.3) is 0 Å². The Kier molecular flexibility index (Phi) is 3.91. The fourth-order valence-corrected chi connectivity index (χ4v) is 1.28. The number of hydrogen-bond donors (Lipinski definition) is 1. The lowest BCUT2D eigenvalue weighted by Crippen LogP contribution is -2.10. The van der Waals surface area contributed by atoms with Gasteiger partial charge in [0.15, 0.2) is 0 Å². The van der Waals surface area contributed by atoms with Crippen molar-refractivity contribution in [3.63, 3.8) is 0 Å². The smallest absolute Gasteiger partial charge is 0.388 e. The lowest BCUT2D eigenvalue weighted by Gasteiger charge is -2.13. The van der Waals surface area contributed by atoms with Crippen molar-refractivity contribution in [2.45, 2.75) is 32.0 Å². The quantitative estimate of drug-likeness (QED) is 0.796. The first-order valence-electron chi connectivity index (χ1n) is 4.80. The van der Waals surface area contributed by atoms with Gasteiger partial charge in [-0.2, -0.15) is 13.2 Å². The highest BCUT2D eigenvalue weighted by molar-refractivity contribution is 5.24. The SMILES string of the molecule is Cc1ccc(C(O)CCC(F)(F)F)cc1F. The summed E-state index contributed by atoms with van der Waals surface area (Å²) in [4.78, 5) is 0. The number of rotatable bonds is 3. The van der Waals surface area contributed by atoms with Crippen LogP contribution in [0.1, 0.15) is 30.1 Å². The molecule has 1 atom stereocenters. The molecule has 0 aromatic heterocycles. The maximum atomic E-state index is 13.1. The minimum atomic E-state index is -4.30. The highest BCUT2D eigenvalue weighted by atomic mass is 19.4. The van der Waals surface area contributed by atoms with Crippen molar-refractivity contribution in [1.82, 2.24) is 0 Å². The van der Waals surface area contributed by atoms with Crippen LogP contribution in [0.5, 0.6) is 0 Å². The molecule has 0 aliphatic heterocycles. The molecule has 16 heavy (non-hydrogen) atoms. The van der Waals surface area contributed by atoms with Gasteiger partial charge in [-0.25, -0.2) is 4.39 Å². The first-order valence-corrected chi connectivity index (χ1v) is 4.80. The third-order valence-electron chi connectivity index (χ3n) is 2.28. The molecule has 0 aliphatic carbocycles. The predicted octanol–water partition coefficient (Wildman–Crippen LogP) is 3.51. The van der Waals surface area contributed by atoms with Crippen LogP contribution >= 0.6 is 0 Å². The summed E-state index contributed by atoms with van der Waals surface area (Å²) in [6.45, 7) is 1.54. The third kappa shape index (κ3) is 3.81. The summed E-state index contributed by atoms with van der Waals surface area (Å²) in [5, 5.41) is 9.43.